The summed E-state index contributed by atoms with van der Waals surface area (Å²) in [4.78, 5) is 18.1. The number of rotatable bonds is 2. The SMILES string of the molecule is Cc1csc(NC(=O)C2=CC=CN3CCS(=O)(=O)N=C23)n1. The molecular formula is C12H12N4O3S2. The van der Waals surface area contributed by atoms with Gasteiger partial charge in [-0.05, 0) is 19.1 Å². The van der Waals surface area contributed by atoms with Gasteiger partial charge in [-0.3, -0.25) is 10.1 Å². The van der Waals surface area contributed by atoms with Crippen molar-refractivity contribution in [1.82, 2.24) is 9.88 Å². The Balaban J connectivity index is 1.90. The van der Waals surface area contributed by atoms with Gasteiger partial charge < -0.3 is 4.90 Å². The van der Waals surface area contributed by atoms with E-state index in [2.05, 4.69) is 14.7 Å². The summed E-state index contributed by atoms with van der Waals surface area (Å²) in [5.74, 6) is -0.314. The summed E-state index contributed by atoms with van der Waals surface area (Å²) in [6, 6.07) is 0. The smallest absolute Gasteiger partial charge is 0.261 e. The topological polar surface area (TPSA) is 91.7 Å². The molecule has 0 atom stereocenters. The molecule has 9 heteroatoms. The van der Waals surface area contributed by atoms with E-state index in [0.717, 1.165) is 5.69 Å². The number of anilines is 1. The Morgan fingerprint density at radius 2 is 2.29 bits per heavy atom. The van der Waals surface area contributed by atoms with Crippen LogP contribution in [0.3, 0.4) is 0 Å². The molecule has 3 rings (SSSR count). The van der Waals surface area contributed by atoms with Gasteiger partial charge in [-0.15, -0.1) is 15.7 Å². The summed E-state index contributed by atoms with van der Waals surface area (Å²) in [5.41, 5.74) is 1.03. The van der Waals surface area contributed by atoms with Crippen molar-refractivity contribution >= 4 is 38.2 Å². The number of aryl methyl sites for hydroxylation is 1. The maximum absolute atomic E-state index is 12.3. The van der Waals surface area contributed by atoms with Gasteiger partial charge in [0.05, 0.1) is 17.0 Å². The van der Waals surface area contributed by atoms with Gasteiger partial charge in [0, 0.05) is 18.1 Å². The van der Waals surface area contributed by atoms with Crippen LogP contribution in [0.4, 0.5) is 5.13 Å². The Morgan fingerprint density at radius 1 is 1.48 bits per heavy atom. The minimum Gasteiger partial charge on any atom is -0.331 e. The number of allylic oxidation sites excluding steroid dienone is 2. The van der Waals surface area contributed by atoms with E-state index in [1.807, 2.05) is 12.3 Å². The van der Waals surface area contributed by atoms with Crippen LogP contribution in [-0.4, -0.2) is 42.3 Å². The number of fused-ring (bicyclic) bond motifs is 1. The van der Waals surface area contributed by atoms with Crippen LogP contribution in [0.1, 0.15) is 5.69 Å². The van der Waals surface area contributed by atoms with Crippen LogP contribution < -0.4 is 5.32 Å². The lowest BCUT2D eigenvalue weighted by molar-refractivity contribution is -0.112. The number of hydrogen-bond donors (Lipinski definition) is 1. The van der Waals surface area contributed by atoms with Crippen molar-refractivity contribution in [2.24, 2.45) is 4.40 Å². The Kier molecular flexibility index (Phi) is 3.38. The standard InChI is InChI=1S/C12H12N4O3S2/c1-8-7-20-12(13-8)14-11(17)9-3-2-4-16-5-6-21(18,19)15-10(9)16/h2-4,7H,5-6H2,1H3,(H,13,14,17). The first-order valence-corrected chi connectivity index (χ1v) is 8.65. The number of aromatic nitrogens is 1. The highest BCUT2D eigenvalue weighted by atomic mass is 32.2. The Bertz CT molecular complexity index is 789. The van der Waals surface area contributed by atoms with Crippen LogP contribution in [0.5, 0.6) is 0 Å². The molecular weight excluding hydrogens is 312 g/mol. The van der Waals surface area contributed by atoms with E-state index in [9.17, 15) is 13.2 Å². The van der Waals surface area contributed by atoms with E-state index in [1.54, 1.807) is 23.3 Å². The number of carbonyl (C=O) groups is 1. The third kappa shape index (κ3) is 2.88. The molecule has 1 N–H and O–H groups in total. The van der Waals surface area contributed by atoms with E-state index in [-0.39, 0.29) is 17.2 Å². The van der Waals surface area contributed by atoms with E-state index in [1.165, 1.54) is 11.3 Å². The predicted octanol–water partition coefficient (Wildman–Crippen LogP) is 0.888. The largest absolute Gasteiger partial charge is 0.331 e. The first-order chi connectivity index (χ1) is 9.94. The molecule has 110 valence electrons. The van der Waals surface area contributed by atoms with E-state index in [4.69, 9.17) is 0 Å². The number of sulfonamides is 1. The van der Waals surface area contributed by atoms with E-state index < -0.39 is 15.9 Å². The number of nitrogens with zero attached hydrogens (tertiary/aromatic N) is 3. The third-order valence-electron chi connectivity index (χ3n) is 2.94. The fourth-order valence-corrected chi connectivity index (χ4v) is 3.64. The van der Waals surface area contributed by atoms with Crippen molar-refractivity contribution in [3.8, 4) is 0 Å². The average Bonchev–Trinajstić information content (AvgIpc) is 2.82. The lowest BCUT2D eigenvalue weighted by Crippen LogP contribution is -2.40. The van der Waals surface area contributed by atoms with E-state index in [0.29, 0.717) is 11.7 Å². The highest BCUT2D eigenvalue weighted by Gasteiger charge is 2.30. The Labute approximate surface area is 125 Å². The van der Waals surface area contributed by atoms with Gasteiger partial charge in [-0.1, -0.05) is 0 Å². The number of nitrogens with one attached hydrogen (secondary N) is 1. The van der Waals surface area contributed by atoms with Gasteiger partial charge >= 0.3 is 0 Å². The lowest BCUT2D eigenvalue weighted by Gasteiger charge is -2.28. The molecule has 0 saturated heterocycles. The zero-order valence-corrected chi connectivity index (χ0v) is 12.7. The molecule has 1 aromatic rings. The molecule has 2 aliphatic rings. The van der Waals surface area contributed by atoms with Gasteiger partial charge in [0.2, 0.25) is 0 Å². The Hall–Kier alpha value is -2.00. The van der Waals surface area contributed by atoms with Crippen LogP contribution in [0, 0.1) is 6.92 Å². The van der Waals surface area contributed by atoms with Gasteiger partial charge in [-0.2, -0.15) is 0 Å². The first-order valence-electron chi connectivity index (χ1n) is 6.16. The summed E-state index contributed by atoms with van der Waals surface area (Å²) in [7, 11) is -3.51. The molecule has 21 heavy (non-hydrogen) atoms. The molecule has 0 radical (unpaired) electrons. The molecule has 0 spiro atoms. The highest BCUT2D eigenvalue weighted by Crippen LogP contribution is 2.20. The van der Waals surface area contributed by atoms with Gasteiger partial charge in [-0.25, -0.2) is 13.4 Å². The molecule has 1 amide bonds. The zero-order valence-electron chi connectivity index (χ0n) is 11.1. The summed E-state index contributed by atoms with van der Waals surface area (Å²) >= 11 is 1.31. The van der Waals surface area contributed by atoms with Crippen molar-refractivity contribution in [2.45, 2.75) is 6.92 Å². The number of carbonyl (C=O) groups excluding carboxylic acids is 1. The fraction of sp³-hybridized carbons (Fsp3) is 0.250. The van der Waals surface area contributed by atoms with Crippen molar-refractivity contribution in [2.75, 3.05) is 17.6 Å². The minimum absolute atomic E-state index is 0.0542. The van der Waals surface area contributed by atoms with Crippen molar-refractivity contribution < 1.29 is 13.2 Å². The maximum Gasteiger partial charge on any atom is 0.261 e. The summed E-state index contributed by atoms with van der Waals surface area (Å²) in [5, 5.41) is 4.95. The first kappa shape index (κ1) is 14.0. The zero-order chi connectivity index (χ0) is 15.0. The summed E-state index contributed by atoms with van der Waals surface area (Å²) in [6.45, 7) is 2.12. The van der Waals surface area contributed by atoms with Crippen LogP contribution in [-0.2, 0) is 14.8 Å². The van der Waals surface area contributed by atoms with Crippen LogP contribution >= 0.6 is 11.3 Å². The minimum atomic E-state index is -3.51. The monoisotopic (exact) mass is 324 g/mol. The quantitative estimate of drug-likeness (QED) is 0.872. The van der Waals surface area contributed by atoms with Crippen molar-refractivity contribution in [1.29, 1.82) is 0 Å². The van der Waals surface area contributed by atoms with Gasteiger partial charge in [0.15, 0.2) is 11.0 Å². The molecule has 1 aromatic heterocycles. The normalized spacial score (nSPS) is 19.6. The maximum atomic E-state index is 12.3. The van der Waals surface area contributed by atoms with Gasteiger partial charge in [0.1, 0.15) is 0 Å². The van der Waals surface area contributed by atoms with E-state index >= 15 is 0 Å². The van der Waals surface area contributed by atoms with Crippen LogP contribution in [0.15, 0.2) is 33.7 Å². The number of amidine groups is 1. The number of hydrogen-bond acceptors (Lipinski definition) is 6. The van der Waals surface area contributed by atoms with Crippen LogP contribution in [0.25, 0.3) is 0 Å². The second-order valence-corrected chi connectivity index (χ2v) is 7.18. The highest BCUT2D eigenvalue weighted by molar-refractivity contribution is 7.90. The molecule has 2 aliphatic heterocycles. The molecule has 0 aromatic carbocycles. The molecule has 3 heterocycles. The second kappa shape index (κ2) is 5.08. The molecule has 0 saturated carbocycles. The van der Waals surface area contributed by atoms with Gasteiger partial charge in [0.25, 0.3) is 15.9 Å². The second-order valence-electron chi connectivity index (χ2n) is 4.56. The molecule has 0 unspecified atom stereocenters. The molecule has 7 nitrogen and oxygen atoms in total. The predicted molar refractivity (Wildman–Crippen MR) is 80.6 cm³/mol. The molecule has 0 bridgehead atoms. The molecule has 0 aliphatic carbocycles. The van der Waals surface area contributed by atoms with Crippen LogP contribution in [0.2, 0.25) is 0 Å². The Morgan fingerprint density at radius 3 is 3.00 bits per heavy atom. The third-order valence-corrected chi connectivity index (χ3v) is 4.97. The van der Waals surface area contributed by atoms with Crippen molar-refractivity contribution in [3.63, 3.8) is 0 Å². The number of thiazole rings is 1. The summed E-state index contributed by atoms with van der Waals surface area (Å²) < 4.78 is 27.0. The number of amides is 1. The average molecular weight is 324 g/mol. The van der Waals surface area contributed by atoms with Crippen molar-refractivity contribution in [3.05, 3.63) is 35.0 Å². The molecule has 0 fully saturated rings. The summed E-state index contributed by atoms with van der Waals surface area (Å²) in [6.07, 6.45) is 4.95. The lowest BCUT2D eigenvalue weighted by atomic mass is 10.1. The fourth-order valence-electron chi connectivity index (χ4n) is 1.97.